The number of aliphatic hydroxyl groups is 8. The van der Waals surface area contributed by atoms with E-state index in [9.17, 15) is 45.6 Å². The molecule has 440 valence electrons. The highest BCUT2D eigenvalue weighted by Gasteiger charge is 2.51. The molecule has 0 aromatic heterocycles. The molecule has 0 aromatic carbocycles. The third kappa shape index (κ3) is 32.8. The molecule has 9 N–H and O–H groups in total. The maximum Gasteiger partial charge on any atom is 0.220 e. The number of carbonyl (C=O) groups is 1. The van der Waals surface area contributed by atoms with Gasteiger partial charge in [0.1, 0.15) is 48.8 Å². The van der Waals surface area contributed by atoms with Gasteiger partial charge in [0, 0.05) is 6.42 Å². The van der Waals surface area contributed by atoms with Crippen LogP contribution in [0.15, 0.2) is 36.5 Å². The maximum absolute atomic E-state index is 13.2. The van der Waals surface area contributed by atoms with Crippen molar-refractivity contribution in [3.8, 4) is 0 Å². The topological polar surface area (TPSA) is 228 Å². The fraction of sp³-hybridized carbons (Fsp3) is 0.885. The molecule has 2 aliphatic heterocycles. The van der Waals surface area contributed by atoms with E-state index in [0.29, 0.717) is 12.8 Å². The van der Waals surface area contributed by atoms with Crippen LogP contribution in [-0.4, -0.2) is 140 Å². The minimum absolute atomic E-state index is 0.250. The highest BCUT2D eigenvalue weighted by Crippen LogP contribution is 2.30. The van der Waals surface area contributed by atoms with Crippen molar-refractivity contribution in [3.63, 3.8) is 0 Å². The van der Waals surface area contributed by atoms with Gasteiger partial charge in [0.25, 0.3) is 0 Å². The average Bonchev–Trinajstić information content (AvgIpc) is 3.41. The van der Waals surface area contributed by atoms with E-state index < -0.39 is 86.8 Å². The van der Waals surface area contributed by atoms with Crippen molar-refractivity contribution < 1.29 is 64.6 Å². The number of ether oxygens (including phenoxy) is 4. The summed E-state index contributed by atoms with van der Waals surface area (Å²) in [5.41, 5.74) is 0. The molecule has 0 aliphatic carbocycles. The predicted molar refractivity (Wildman–Crippen MR) is 300 cm³/mol. The molecule has 14 heteroatoms. The third-order valence-electron chi connectivity index (χ3n) is 15.1. The van der Waals surface area contributed by atoms with Gasteiger partial charge in [-0.1, -0.05) is 237 Å². The lowest BCUT2D eigenvalue weighted by atomic mass is 9.97. The Bertz CT molecular complexity index is 1400. The van der Waals surface area contributed by atoms with Crippen LogP contribution in [0.1, 0.15) is 251 Å². The lowest BCUT2D eigenvalue weighted by molar-refractivity contribution is -0.359. The number of hydrogen-bond donors (Lipinski definition) is 9. The molecule has 0 saturated carbocycles. The van der Waals surface area contributed by atoms with Gasteiger partial charge in [0.2, 0.25) is 5.91 Å². The standard InChI is InChI=1S/C61H113NO13/c1-3-5-7-9-11-13-15-17-19-20-21-22-23-24-25-26-27-28-29-30-31-33-35-37-39-41-43-45-53(66)62-49(50(65)44-42-40-38-36-34-32-18-16-14-12-10-8-6-4-2)48-72-60-58(71)56(69)59(52(47-64)74-60)75-61-57(70)55(68)54(67)51(46-63)73-61/h14,16,34,36,42,44,49-52,54-61,63-65,67-71H,3-13,15,17-33,35,37-41,43,45-48H2,1-2H3,(H,62,66)/b16-14+,36-34+,44-42+. The fourth-order valence-corrected chi connectivity index (χ4v) is 10.1. The Hall–Kier alpha value is -1.79. The first kappa shape index (κ1) is 69.3. The number of amides is 1. The van der Waals surface area contributed by atoms with Crippen LogP contribution in [0.3, 0.4) is 0 Å². The maximum atomic E-state index is 13.2. The summed E-state index contributed by atoms with van der Waals surface area (Å²) in [6.45, 7) is 2.77. The van der Waals surface area contributed by atoms with Crippen molar-refractivity contribution in [2.45, 2.75) is 325 Å². The molecule has 14 nitrogen and oxygen atoms in total. The lowest BCUT2D eigenvalue weighted by Crippen LogP contribution is -2.65. The van der Waals surface area contributed by atoms with Crippen LogP contribution in [0, 0.1) is 0 Å². The number of allylic oxidation sites excluding steroid dienone is 5. The summed E-state index contributed by atoms with van der Waals surface area (Å²) in [6, 6.07) is -0.935. The largest absolute Gasteiger partial charge is 0.394 e. The first-order chi connectivity index (χ1) is 36.6. The van der Waals surface area contributed by atoms with Gasteiger partial charge in [-0.25, -0.2) is 0 Å². The predicted octanol–water partition coefficient (Wildman–Crippen LogP) is 10.6. The van der Waals surface area contributed by atoms with Crippen molar-refractivity contribution in [3.05, 3.63) is 36.5 Å². The monoisotopic (exact) mass is 1070 g/mol. The molecule has 0 radical (unpaired) electrons. The summed E-state index contributed by atoms with van der Waals surface area (Å²) in [6.07, 6.45) is 40.6. The van der Waals surface area contributed by atoms with E-state index in [1.54, 1.807) is 6.08 Å². The number of aliphatic hydroxyl groups excluding tert-OH is 8. The SMILES string of the molecule is CCCCCC/C=C/CC/C=C/CC/C=C/C(O)C(COC1OC(CO)C(OC2OC(CO)C(O)C(O)C2O)C(O)C1O)NC(=O)CCCCCCCCCCCCCCCCCCCCCCCCCCCCC. The zero-order valence-electron chi connectivity index (χ0n) is 47.3. The van der Waals surface area contributed by atoms with Crippen molar-refractivity contribution in [1.82, 2.24) is 5.32 Å². The van der Waals surface area contributed by atoms with Gasteiger partial charge < -0.3 is 65.1 Å². The highest BCUT2D eigenvalue weighted by atomic mass is 16.7. The molecular formula is C61H113NO13. The zero-order chi connectivity index (χ0) is 54.6. The second-order valence-corrected chi connectivity index (χ2v) is 21.8. The quantitative estimate of drug-likeness (QED) is 0.0204. The molecule has 75 heavy (non-hydrogen) atoms. The molecule has 2 fully saturated rings. The van der Waals surface area contributed by atoms with E-state index in [2.05, 4.69) is 43.5 Å². The van der Waals surface area contributed by atoms with Crippen LogP contribution in [0.2, 0.25) is 0 Å². The van der Waals surface area contributed by atoms with E-state index in [1.165, 1.54) is 173 Å². The summed E-state index contributed by atoms with van der Waals surface area (Å²) < 4.78 is 22.7. The van der Waals surface area contributed by atoms with Crippen molar-refractivity contribution in [1.29, 1.82) is 0 Å². The molecule has 0 bridgehead atoms. The molecule has 2 heterocycles. The number of rotatable bonds is 49. The van der Waals surface area contributed by atoms with Gasteiger partial charge in [0.05, 0.1) is 32.0 Å². The normalized spacial score (nSPS) is 25.3. The Morgan fingerprint density at radius 2 is 0.853 bits per heavy atom. The lowest BCUT2D eigenvalue weighted by Gasteiger charge is -2.46. The number of nitrogens with one attached hydrogen (secondary N) is 1. The second-order valence-electron chi connectivity index (χ2n) is 21.8. The molecule has 0 spiro atoms. The van der Waals surface area contributed by atoms with Crippen LogP contribution in [0.5, 0.6) is 0 Å². The fourth-order valence-electron chi connectivity index (χ4n) is 10.1. The van der Waals surface area contributed by atoms with E-state index >= 15 is 0 Å². The number of unbranched alkanes of at least 4 members (excludes halogenated alkanes) is 32. The van der Waals surface area contributed by atoms with Gasteiger partial charge in [-0.05, 0) is 44.9 Å². The van der Waals surface area contributed by atoms with Crippen LogP contribution in [0.4, 0.5) is 0 Å². The van der Waals surface area contributed by atoms with Gasteiger partial charge in [-0.15, -0.1) is 0 Å². The minimum Gasteiger partial charge on any atom is -0.394 e. The number of hydrogen-bond acceptors (Lipinski definition) is 13. The van der Waals surface area contributed by atoms with Gasteiger partial charge in [0.15, 0.2) is 12.6 Å². The van der Waals surface area contributed by atoms with Gasteiger partial charge >= 0.3 is 0 Å². The molecule has 12 atom stereocenters. The van der Waals surface area contributed by atoms with E-state index in [0.717, 1.165) is 44.9 Å². The van der Waals surface area contributed by atoms with E-state index in [-0.39, 0.29) is 18.9 Å². The third-order valence-corrected chi connectivity index (χ3v) is 15.1. The summed E-state index contributed by atoms with van der Waals surface area (Å²) in [7, 11) is 0. The van der Waals surface area contributed by atoms with Crippen LogP contribution in [0.25, 0.3) is 0 Å². The molecule has 1 amide bonds. The van der Waals surface area contributed by atoms with E-state index in [4.69, 9.17) is 18.9 Å². The summed E-state index contributed by atoms with van der Waals surface area (Å²) in [4.78, 5) is 13.2. The van der Waals surface area contributed by atoms with Gasteiger partial charge in [-0.3, -0.25) is 4.79 Å². The van der Waals surface area contributed by atoms with E-state index in [1.807, 2.05) is 6.08 Å². The second kappa shape index (κ2) is 47.1. The molecule has 2 rings (SSSR count). The first-order valence-corrected chi connectivity index (χ1v) is 30.7. The Morgan fingerprint density at radius 1 is 0.467 bits per heavy atom. The van der Waals surface area contributed by atoms with Crippen molar-refractivity contribution in [2.75, 3.05) is 19.8 Å². The Morgan fingerprint density at radius 3 is 1.31 bits per heavy atom. The van der Waals surface area contributed by atoms with Crippen LogP contribution in [-0.2, 0) is 23.7 Å². The summed E-state index contributed by atoms with van der Waals surface area (Å²) >= 11 is 0. The number of carbonyl (C=O) groups excluding carboxylic acids is 1. The Kier molecular flexibility index (Phi) is 43.5. The Balaban J connectivity index is 1.70. The smallest absolute Gasteiger partial charge is 0.220 e. The van der Waals surface area contributed by atoms with Crippen LogP contribution < -0.4 is 5.32 Å². The molecule has 2 aliphatic rings. The molecule has 0 aromatic rings. The first-order valence-electron chi connectivity index (χ1n) is 30.7. The average molecular weight is 1070 g/mol. The van der Waals surface area contributed by atoms with Crippen molar-refractivity contribution in [2.24, 2.45) is 0 Å². The summed E-state index contributed by atoms with van der Waals surface area (Å²) in [5, 5.41) is 87.0. The van der Waals surface area contributed by atoms with Gasteiger partial charge in [-0.2, -0.15) is 0 Å². The minimum atomic E-state index is -1.79. The zero-order valence-corrected chi connectivity index (χ0v) is 47.3. The highest BCUT2D eigenvalue weighted by molar-refractivity contribution is 5.76. The van der Waals surface area contributed by atoms with Crippen LogP contribution >= 0.6 is 0 Å². The Labute approximate surface area is 455 Å². The summed E-state index contributed by atoms with van der Waals surface area (Å²) in [5.74, 6) is -0.250. The molecular weight excluding hydrogens is 955 g/mol. The molecule has 2 saturated heterocycles. The molecule has 12 unspecified atom stereocenters. The van der Waals surface area contributed by atoms with Crippen molar-refractivity contribution >= 4 is 5.91 Å².